The topological polar surface area (TPSA) is 50.9 Å². The first-order valence-corrected chi connectivity index (χ1v) is 4.91. The van der Waals surface area contributed by atoms with Crippen LogP contribution in [0.15, 0.2) is 18.2 Å². The van der Waals surface area contributed by atoms with Crippen molar-refractivity contribution in [3.63, 3.8) is 0 Å². The Bertz CT molecular complexity index is 522. The molecule has 0 unspecified atom stereocenters. The third kappa shape index (κ3) is 1.81. The van der Waals surface area contributed by atoms with E-state index in [9.17, 15) is 4.39 Å². The van der Waals surface area contributed by atoms with Crippen LogP contribution in [0.3, 0.4) is 0 Å². The molecule has 0 aliphatic heterocycles. The van der Waals surface area contributed by atoms with Crippen LogP contribution in [0, 0.1) is 19.7 Å². The van der Waals surface area contributed by atoms with Crippen LogP contribution in [0.2, 0.25) is 0 Å². The standard InChI is InChI=1S/C11H12FN3O/c1-7-13-8(2)15(14-7)11-4-3-9(6-16)5-10(11)12/h3-5,16H,6H2,1-2H3. The van der Waals surface area contributed by atoms with Crippen LogP contribution in [-0.2, 0) is 6.61 Å². The van der Waals surface area contributed by atoms with Gasteiger partial charge in [-0.3, -0.25) is 0 Å². The van der Waals surface area contributed by atoms with Gasteiger partial charge in [-0.15, -0.1) is 0 Å². The van der Waals surface area contributed by atoms with Gasteiger partial charge in [-0.1, -0.05) is 6.07 Å². The minimum Gasteiger partial charge on any atom is -0.392 e. The molecule has 0 saturated heterocycles. The molecule has 1 N–H and O–H groups in total. The number of halogens is 1. The predicted octanol–water partition coefficient (Wildman–Crippen LogP) is 1.52. The molecule has 0 bridgehead atoms. The summed E-state index contributed by atoms with van der Waals surface area (Å²) in [6.07, 6.45) is 0. The van der Waals surface area contributed by atoms with Crippen LogP contribution in [0.1, 0.15) is 17.2 Å². The first-order valence-electron chi connectivity index (χ1n) is 4.91. The van der Waals surface area contributed by atoms with Gasteiger partial charge in [0, 0.05) is 0 Å². The van der Waals surface area contributed by atoms with Gasteiger partial charge >= 0.3 is 0 Å². The highest BCUT2D eigenvalue weighted by Gasteiger charge is 2.10. The number of hydrogen-bond acceptors (Lipinski definition) is 3. The molecule has 4 nitrogen and oxygen atoms in total. The smallest absolute Gasteiger partial charge is 0.149 e. The Morgan fingerprint density at radius 3 is 2.62 bits per heavy atom. The first kappa shape index (κ1) is 10.8. The quantitative estimate of drug-likeness (QED) is 0.836. The lowest BCUT2D eigenvalue weighted by molar-refractivity contribution is 0.281. The summed E-state index contributed by atoms with van der Waals surface area (Å²) >= 11 is 0. The third-order valence-corrected chi connectivity index (χ3v) is 2.30. The summed E-state index contributed by atoms with van der Waals surface area (Å²) in [5.41, 5.74) is 0.881. The molecule has 2 aromatic rings. The Hall–Kier alpha value is -1.75. The molecule has 5 heteroatoms. The maximum Gasteiger partial charge on any atom is 0.149 e. The molecule has 0 fully saturated rings. The first-order chi connectivity index (χ1) is 7.61. The zero-order chi connectivity index (χ0) is 11.7. The Balaban J connectivity index is 2.52. The Morgan fingerprint density at radius 2 is 2.12 bits per heavy atom. The normalized spacial score (nSPS) is 10.8. The van der Waals surface area contributed by atoms with E-state index in [-0.39, 0.29) is 6.61 Å². The number of aryl methyl sites for hydroxylation is 2. The van der Waals surface area contributed by atoms with E-state index in [0.29, 0.717) is 22.9 Å². The van der Waals surface area contributed by atoms with Gasteiger partial charge in [0.1, 0.15) is 23.2 Å². The number of aliphatic hydroxyl groups is 1. The maximum atomic E-state index is 13.7. The monoisotopic (exact) mass is 221 g/mol. The van der Waals surface area contributed by atoms with Crippen molar-refractivity contribution < 1.29 is 9.50 Å². The van der Waals surface area contributed by atoms with Crippen molar-refractivity contribution in [1.29, 1.82) is 0 Å². The molecule has 0 aliphatic carbocycles. The molecule has 1 aromatic carbocycles. The molecule has 0 radical (unpaired) electrons. The second-order valence-electron chi connectivity index (χ2n) is 3.56. The molecule has 0 spiro atoms. The maximum absolute atomic E-state index is 13.7. The van der Waals surface area contributed by atoms with Crippen molar-refractivity contribution in [3.05, 3.63) is 41.2 Å². The fourth-order valence-electron chi connectivity index (χ4n) is 1.57. The van der Waals surface area contributed by atoms with Crippen LogP contribution < -0.4 is 0 Å². The fraction of sp³-hybridized carbons (Fsp3) is 0.273. The average Bonchev–Trinajstić information content (AvgIpc) is 2.57. The van der Waals surface area contributed by atoms with Crippen molar-refractivity contribution in [2.75, 3.05) is 0 Å². The number of hydrogen-bond donors (Lipinski definition) is 1. The van der Waals surface area contributed by atoms with Crippen LogP contribution in [0.4, 0.5) is 4.39 Å². The van der Waals surface area contributed by atoms with E-state index in [1.54, 1.807) is 26.0 Å². The van der Waals surface area contributed by atoms with E-state index in [2.05, 4.69) is 10.1 Å². The number of rotatable bonds is 2. The van der Waals surface area contributed by atoms with Crippen LogP contribution in [0.5, 0.6) is 0 Å². The van der Waals surface area contributed by atoms with E-state index in [1.807, 2.05) is 0 Å². The van der Waals surface area contributed by atoms with Crippen molar-refractivity contribution in [2.24, 2.45) is 0 Å². The van der Waals surface area contributed by atoms with Gasteiger partial charge in [0.15, 0.2) is 0 Å². The van der Waals surface area contributed by atoms with E-state index in [1.165, 1.54) is 10.7 Å². The summed E-state index contributed by atoms with van der Waals surface area (Å²) in [7, 11) is 0. The van der Waals surface area contributed by atoms with Crippen LogP contribution in [-0.4, -0.2) is 19.9 Å². The van der Waals surface area contributed by atoms with Crippen molar-refractivity contribution >= 4 is 0 Å². The number of benzene rings is 1. The summed E-state index contributed by atoms with van der Waals surface area (Å²) in [6, 6.07) is 4.54. The van der Waals surface area contributed by atoms with Gasteiger partial charge in [0.05, 0.1) is 6.61 Å². The molecule has 0 aliphatic rings. The van der Waals surface area contributed by atoms with Crippen molar-refractivity contribution in [1.82, 2.24) is 14.8 Å². The SMILES string of the molecule is Cc1nc(C)n(-c2ccc(CO)cc2F)n1. The third-order valence-electron chi connectivity index (χ3n) is 2.30. The highest BCUT2D eigenvalue weighted by molar-refractivity contribution is 5.36. The summed E-state index contributed by atoms with van der Waals surface area (Å²) in [5.74, 6) is 0.816. The Labute approximate surface area is 92.4 Å². The van der Waals surface area contributed by atoms with E-state index < -0.39 is 5.82 Å². The minimum absolute atomic E-state index is 0.174. The summed E-state index contributed by atoms with van der Waals surface area (Å²) in [6.45, 7) is 3.34. The van der Waals surface area contributed by atoms with Crippen molar-refractivity contribution in [3.8, 4) is 5.69 Å². The second-order valence-corrected chi connectivity index (χ2v) is 3.56. The molecule has 0 saturated carbocycles. The van der Waals surface area contributed by atoms with Gasteiger partial charge in [-0.05, 0) is 31.5 Å². The summed E-state index contributed by atoms with van der Waals surface area (Å²) in [4.78, 5) is 4.11. The summed E-state index contributed by atoms with van der Waals surface area (Å²) < 4.78 is 15.2. The minimum atomic E-state index is -0.417. The predicted molar refractivity (Wildman–Crippen MR) is 56.7 cm³/mol. The number of aliphatic hydroxyl groups excluding tert-OH is 1. The lowest BCUT2D eigenvalue weighted by Gasteiger charge is -2.05. The van der Waals surface area contributed by atoms with Gasteiger partial charge in [-0.2, -0.15) is 5.10 Å². The summed E-state index contributed by atoms with van der Waals surface area (Å²) in [5, 5.41) is 13.0. The highest BCUT2D eigenvalue weighted by atomic mass is 19.1. The lowest BCUT2D eigenvalue weighted by atomic mass is 10.2. The van der Waals surface area contributed by atoms with Gasteiger partial charge in [-0.25, -0.2) is 14.1 Å². The molecule has 16 heavy (non-hydrogen) atoms. The lowest BCUT2D eigenvalue weighted by Crippen LogP contribution is -2.03. The molecule has 0 atom stereocenters. The zero-order valence-electron chi connectivity index (χ0n) is 9.11. The number of aromatic nitrogens is 3. The average molecular weight is 221 g/mol. The Kier molecular flexibility index (Phi) is 2.70. The van der Waals surface area contributed by atoms with E-state index in [4.69, 9.17) is 5.11 Å². The van der Waals surface area contributed by atoms with Gasteiger partial charge < -0.3 is 5.11 Å². The van der Waals surface area contributed by atoms with Gasteiger partial charge in [0.2, 0.25) is 0 Å². The zero-order valence-corrected chi connectivity index (χ0v) is 9.11. The Morgan fingerprint density at radius 1 is 1.38 bits per heavy atom. The highest BCUT2D eigenvalue weighted by Crippen LogP contribution is 2.16. The molecular weight excluding hydrogens is 209 g/mol. The molecule has 1 heterocycles. The molecule has 84 valence electrons. The second kappa shape index (κ2) is 4.02. The largest absolute Gasteiger partial charge is 0.392 e. The van der Waals surface area contributed by atoms with Gasteiger partial charge in [0.25, 0.3) is 0 Å². The molecule has 2 rings (SSSR count). The molecule has 1 aromatic heterocycles. The van der Waals surface area contributed by atoms with E-state index in [0.717, 1.165) is 0 Å². The molecular formula is C11H12FN3O. The number of nitrogens with zero attached hydrogens (tertiary/aromatic N) is 3. The van der Waals surface area contributed by atoms with Crippen LogP contribution >= 0.6 is 0 Å². The van der Waals surface area contributed by atoms with E-state index >= 15 is 0 Å². The van der Waals surface area contributed by atoms with Crippen LogP contribution in [0.25, 0.3) is 5.69 Å². The van der Waals surface area contributed by atoms with Crippen molar-refractivity contribution in [2.45, 2.75) is 20.5 Å². The fourth-order valence-corrected chi connectivity index (χ4v) is 1.57. The molecule has 0 amide bonds.